The van der Waals surface area contributed by atoms with E-state index in [2.05, 4.69) is 11.9 Å². The summed E-state index contributed by atoms with van der Waals surface area (Å²) in [4.78, 5) is 12.1. The first-order valence-corrected chi connectivity index (χ1v) is 10.5. The van der Waals surface area contributed by atoms with Crippen molar-refractivity contribution in [3.05, 3.63) is 83.9 Å². The molecule has 1 saturated heterocycles. The van der Waals surface area contributed by atoms with Gasteiger partial charge >= 0.3 is 0 Å². The highest BCUT2D eigenvalue weighted by Crippen LogP contribution is 2.29. The second-order valence-electron chi connectivity index (χ2n) is 6.81. The third-order valence-corrected chi connectivity index (χ3v) is 5.08. The summed E-state index contributed by atoms with van der Waals surface area (Å²) in [6.07, 6.45) is -1.80. The zero-order valence-corrected chi connectivity index (χ0v) is 18.4. The summed E-state index contributed by atoms with van der Waals surface area (Å²) in [5.74, 6) is -0.802. The van der Waals surface area contributed by atoms with Crippen molar-refractivity contribution in [2.75, 3.05) is 6.61 Å². The van der Waals surface area contributed by atoms with Gasteiger partial charge in [0, 0.05) is 5.57 Å². The van der Waals surface area contributed by atoms with Crippen LogP contribution in [0, 0.1) is 0 Å². The SMILES string of the molecule is C=C1C(NC(=O)C(Cl)(Cl)Cl)OC[C@@H](OCc2ccccc2)[C@@H]1OCc1ccccc1. The zero-order valence-electron chi connectivity index (χ0n) is 16.1. The molecule has 8 heteroatoms. The summed E-state index contributed by atoms with van der Waals surface area (Å²) >= 11 is 17.0. The van der Waals surface area contributed by atoms with Crippen LogP contribution in [0.3, 0.4) is 0 Å². The molecule has 1 aliphatic rings. The van der Waals surface area contributed by atoms with E-state index in [-0.39, 0.29) is 6.61 Å². The monoisotopic (exact) mass is 469 g/mol. The smallest absolute Gasteiger partial charge is 0.274 e. The van der Waals surface area contributed by atoms with Crippen LogP contribution >= 0.6 is 34.8 Å². The van der Waals surface area contributed by atoms with Crippen molar-refractivity contribution >= 4 is 40.7 Å². The average Bonchev–Trinajstić information content (AvgIpc) is 2.74. The third kappa shape index (κ3) is 6.45. The van der Waals surface area contributed by atoms with Crippen LogP contribution in [0.1, 0.15) is 11.1 Å². The maximum absolute atomic E-state index is 12.1. The van der Waals surface area contributed by atoms with Crippen LogP contribution in [0.25, 0.3) is 0 Å². The second kappa shape index (κ2) is 10.6. The Morgan fingerprint density at radius 3 is 2.07 bits per heavy atom. The summed E-state index contributed by atoms with van der Waals surface area (Å²) in [6, 6.07) is 19.5. The van der Waals surface area contributed by atoms with Gasteiger partial charge in [0.15, 0.2) is 6.23 Å². The fraction of sp³-hybridized carbons (Fsp3) is 0.318. The van der Waals surface area contributed by atoms with Crippen molar-refractivity contribution in [1.29, 1.82) is 0 Å². The van der Waals surface area contributed by atoms with Gasteiger partial charge < -0.3 is 19.5 Å². The Kier molecular flexibility index (Phi) is 8.17. The number of nitrogens with one attached hydrogen (secondary N) is 1. The minimum atomic E-state index is -2.11. The molecule has 0 saturated carbocycles. The molecule has 1 heterocycles. The molecule has 1 unspecified atom stereocenters. The van der Waals surface area contributed by atoms with Crippen molar-refractivity contribution in [3.63, 3.8) is 0 Å². The molecule has 1 amide bonds. The van der Waals surface area contributed by atoms with Gasteiger partial charge in [-0.1, -0.05) is 102 Å². The molecule has 30 heavy (non-hydrogen) atoms. The summed E-state index contributed by atoms with van der Waals surface area (Å²) < 4.78 is 15.8. The number of amides is 1. The Bertz CT molecular complexity index is 842. The quantitative estimate of drug-likeness (QED) is 0.476. The lowest BCUT2D eigenvalue weighted by molar-refractivity contribution is -0.151. The Labute approximate surface area is 190 Å². The van der Waals surface area contributed by atoms with Gasteiger partial charge in [-0.15, -0.1) is 0 Å². The molecule has 2 aromatic carbocycles. The molecule has 0 aliphatic carbocycles. The molecule has 3 rings (SSSR count). The average molecular weight is 471 g/mol. The normalized spacial score (nSPS) is 22.0. The number of halogens is 3. The Morgan fingerprint density at radius 2 is 1.53 bits per heavy atom. The number of alkyl halides is 3. The molecule has 0 spiro atoms. The van der Waals surface area contributed by atoms with E-state index in [9.17, 15) is 4.79 Å². The van der Waals surface area contributed by atoms with Gasteiger partial charge in [0.2, 0.25) is 0 Å². The number of rotatable bonds is 7. The first-order valence-electron chi connectivity index (χ1n) is 9.33. The molecule has 0 aromatic heterocycles. The fourth-order valence-corrected chi connectivity index (χ4v) is 3.16. The number of carbonyl (C=O) groups is 1. The Balaban J connectivity index is 1.69. The van der Waals surface area contributed by atoms with E-state index in [0.717, 1.165) is 11.1 Å². The molecular formula is C22H22Cl3NO4. The summed E-state index contributed by atoms with van der Waals surface area (Å²) in [5, 5.41) is 2.54. The zero-order chi connectivity index (χ0) is 21.6. The van der Waals surface area contributed by atoms with Crippen LogP contribution in [0.4, 0.5) is 0 Å². The second-order valence-corrected chi connectivity index (χ2v) is 9.09. The minimum Gasteiger partial charge on any atom is -0.368 e. The van der Waals surface area contributed by atoms with E-state index in [1.807, 2.05) is 60.7 Å². The van der Waals surface area contributed by atoms with E-state index in [0.29, 0.717) is 18.8 Å². The highest BCUT2D eigenvalue weighted by Gasteiger charge is 2.40. The number of hydrogen-bond acceptors (Lipinski definition) is 4. The first-order chi connectivity index (χ1) is 14.3. The third-order valence-electron chi connectivity index (χ3n) is 4.57. The van der Waals surface area contributed by atoms with Gasteiger partial charge in [-0.25, -0.2) is 0 Å². The molecule has 2 aromatic rings. The molecule has 160 valence electrons. The minimum absolute atomic E-state index is 0.177. The predicted octanol–water partition coefficient (Wildman–Crippen LogP) is 4.56. The van der Waals surface area contributed by atoms with Gasteiger partial charge in [0.1, 0.15) is 12.2 Å². The van der Waals surface area contributed by atoms with Crippen LogP contribution in [-0.4, -0.2) is 34.7 Å². The number of hydrogen-bond donors (Lipinski definition) is 1. The van der Waals surface area contributed by atoms with Gasteiger partial charge in [-0.3, -0.25) is 4.79 Å². The van der Waals surface area contributed by atoms with Crippen LogP contribution in [0.5, 0.6) is 0 Å². The number of benzene rings is 2. The van der Waals surface area contributed by atoms with E-state index in [1.54, 1.807) is 0 Å². The number of carbonyl (C=O) groups excluding carboxylic acids is 1. The molecule has 0 radical (unpaired) electrons. The first kappa shape index (κ1) is 23.1. The van der Waals surface area contributed by atoms with Crippen molar-refractivity contribution in [2.24, 2.45) is 0 Å². The molecule has 1 N–H and O–H groups in total. The number of ether oxygens (including phenoxy) is 3. The molecule has 3 atom stereocenters. The lowest BCUT2D eigenvalue weighted by Crippen LogP contribution is -2.53. The van der Waals surface area contributed by atoms with E-state index >= 15 is 0 Å². The van der Waals surface area contributed by atoms with Crippen LogP contribution in [0.2, 0.25) is 0 Å². The van der Waals surface area contributed by atoms with E-state index < -0.39 is 28.1 Å². The van der Waals surface area contributed by atoms with E-state index in [4.69, 9.17) is 49.0 Å². The maximum Gasteiger partial charge on any atom is 0.274 e. The van der Waals surface area contributed by atoms with Crippen molar-refractivity contribution in [1.82, 2.24) is 5.32 Å². The lowest BCUT2D eigenvalue weighted by Gasteiger charge is -2.38. The highest BCUT2D eigenvalue weighted by molar-refractivity contribution is 6.76. The summed E-state index contributed by atoms with van der Waals surface area (Å²) in [6.45, 7) is 4.97. The van der Waals surface area contributed by atoms with Crippen LogP contribution in [0.15, 0.2) is 72.8 Å². The Morgan fingerprint density at radius 1 is 1.00 bits per heavy atom. The van der Waals surface area contributed by atoms with Crippen molar-refractivity contribution < 1.29 is 19.0 Å². The predicted molar refractivity (Wildman–Crippen MR) is 117 cm³/mol. The van der Waals surface area contributed by atoms with Crippen LogP contribution in [-0.2, 0) is 32.2 Å². The topological polar surface area (TPSA) is 56.8 Å². The van der Waals surface area contributed by atoms with Gasteiger partial charge in [-0.05, 0) is 11.1 Å². The lowest BCUT2D eigenvalue weighted by atomic mass is 10.0. The molecule has 5 nitrogen and oxygen atoms in total. The Hall–Kier alpha value is -1.60. The summed E-state index contributed by atoms with van der Waals surface area (Å²) in [5.41, 5.74) is 2.51. The van der Waals surface area contributed by atoms with Gasteiger partial charge in [-0.2, -0.15) is 0 Å². The largest absolute Gasteiger partial charge is 0.368 e. The highest BCUT2D eigenvalue weighted by atomic mass is 35.6. The molecule has 1 fully saturated rings. The van der Waals surface area contributed by atoms with Gasteiger partial charge in [0.05, 0.1) is 19.8 Å². The van der Waals surface area contributed by atoms with Crippen LogP contribution < -0.4 is 5.32 Å². The van der Waals surface area contributed by atoms with Crippen molar-refractivity contribution in [3.8, 4) is 0 Å². The molecule has 1 aliphatic heterocycles. The maximum atomic E-state index is 12.1. The molecule has 0 bridgehead atoms. The fourth-order valence-electron chi connectivity index (χ4n) is 3.00. The van der Waals surface area contributed by atoms with E-state index in [1.165, 1.54) is 0 Å². The standard InChI is InChI=1S/C22H22Cl3NO4/c1-15-19(29-13-17-10-6-3-7-11-17)18(28-12-16-8-4-2-5-9-16)14-30-20(15)26-21(27)22(23,24)25/h2-11,18-20H,1,12-14H2,(H,26,27)/t18-,19-,20?/m1/s1. The van der Waals surface area contributed by atoms with Gasteiger partial charge in [0.25, 0.3) is 9.70 Å². The molecular weight excluding hydrogens is 449 g/mol. The van der Waals surface area contributed by atoms with Crippen molar-refractivity contribution in [2.45, 2.75) is 35.4 Å². The summed E-state index contributed by atoms with van der Waals surface area (Å²) in [7, 11) is 0.